The maximum atomic E-state index is 15.0. The Hall–Kier alpha value is -4.33. The number of aromatic amines is 1. The zero-order valence-corrected chi connectivity index (χ0v) is 21.9. The number of halogens is 4. The van der Waals surface area contributed by atoms with Crippen LogP contribution in [0.3, 0.4) is 0 Å². The summed E-state index contributed by atoms with van der Waals surface area (Å²) < 4.78 is 36.4. The molecule has 0 aliphatic heterocycles. The highest BCUT2D eigenvalue weighted by molar-refractivity contribution is 6.31. The third kappa shape index (κ3) is 6.06. The van der Waals surface area contributed by atoms with Crippen LogP contribution in [-0.4, -0.2) is 19.5 Å². The SMILES string of the molecule is C=C(C)C(F)(F)c1ncn(Cc2cnc(-c3ccc(Cl)cc3)[nH]c2=O)c(=O)c1OCc1cc(Cl)cc(C#N)c1. The Balaban J connectivity index is 1.70. The summed E-state index contributed by atoms with van der Waals surface area (Å²) in [5.74, 6) is -4.13. The molecule has 0 amide bonds. The van der Waals surface area contributed by atoms with Gasteiger partial charge in [0.15, 0.2) is 5.69 Å². The predicted octanol–water partition coefficient (Wildman–Crippen LogP) is 5.47. The Morgan fingerprint density at radius 3 is 2.51 bits per heavy atom. The van der Waals surface area contributed by atoms with Crippen LogP contribution in [0.1, 0.15) is 29.3 Å². The molecule has 4 rings (SSSR count). The molecule has 12 heteroatoms. The number of hydrogen-bond acceptors (Lipinski definition) is 6. The molecule has 0 atom stereocenters. The van der Waals surface area contributed by atoms with Crippen LogP contribution in [0, 0.1) is 11.3 Å². The largest absolute Gasteiger partial charge is 0.481 e. The van der Waals surface area contributed by atoms with E-state index in [2.05, 4.69) is 21.5 Å². The van der Waals surface area contributed by atoms with E-state index in [1.165, 1.54) is 24.4 Å². The summed E-state index contributed by atoms with van der Waals surface area (Å²) in [5, 5.41) is 9.91. The fraction of sp³-hybridized carbons (Fsp3) is 0.148. The number of benzene rings is 2. The molecular weight excluding hydrogens is 551 g/mol. The average Bonchev–Trinajstić information content (AvgIpc) is 2.90. The summed E-state index contributed by atoms with van der Waals surface area (Å²) in [4.78, 5) is 36.7. The minimum absolute atomic E-state index is 0.0791. The smallest absolute Gasteiger partial charge is 0.314 e. The lowest BCUT2D eigenvalue weighted by atomic mass is 10.1. The number of allylic oxidation sites excluding steroid dienone is 1. The molecule has 1 N–H and O–H groups in total. The minimum atomic E-state index is -3.68. The number of aromatic nitrogens is 4. The van der Waals surface area contributed by atoms with Crippen molar-refractivity contribution in [2.45, 2.75) is 26.0 Å². The van der Waals surface area contributed by atoms with Gasteiger partial charge in [-0.05, 0) is 60.5 Å². The molecule has 0 aliphatic carbocycles. The minimum Gasteiger partial charge on any atom is -0.481 e. The molecule has 0 fully saturated rings. The first-order chi connectivity index (χ1) is 18.5. The van der Waals surface area contributed by atoms with E-state index in [1.54, 1.807) is 24.3 Å². The molecule has 2 heterocycles. The first-order valence-corrected chi connectivity index (χ1v) is 12.1. The number of H-pyrrole nitrogens is 1. The monoisotopic (exact) mass is 569 g/mol. The Kier molecular flexibility index (Phi) is 7.95. The van der Waals surface area contributed by atoms with Gasteiger partial charge >= 0.3 is 5.92 Å². The molecule has 0 radical (unpaired) electrons. The number of nitrogens with zero attached hydrogens (tertiary/aromatic N) is 4. The van der Waals surface area contributed by atoms with Crippen LogP contribution in [0.25, 0.3) is 11.4 Å². The van der Waals surface area contributed by atoms with Gasteiger partial charge in [-0.2, -0.15) is 14.0 Å². The number of nitriles is 1. The van der Waals surface area contributed by atoms with E-state index in [0.717, 1.165) is 17.8 Å². The van der Waals surface area contributed by atoms with Gasteiger partial charge in [0, 0.05) is 21.8 Å². The number of alkyl halides is 2. The Bertz CT molecular complexity index is 1730. The summed E-state index contributed by atoms with van der Waals surface area (Å²) in [5.41, 5.74) is -1.68. The lowest BCUT2D eigenvalue weighted by Gasteiger charge is -2.20. The standard InChI is InChI=1S/C27H19Cl2F2N5O3/c1-15(2)27(30,31)23-22(39-13-17-7-16(10-32)8-21(29)9-17)26(38)36(14-34-23)12-19-11-33-24(35-25(19)37)18-3-5-20(28)6-4-18/h3-9,11,14H,1,12-13H2,2H3,(H,33,35,37). The number of ether oxygens (including phenoxy) is 1. The van der Waals surface area contributed by atoms with Crippen LogP contribution in [0.5, 0.6) is 5.75 Å². The van der Waals surface area contributed by atoms with Crippen LogP contribution in [0.4, 0.5) is 8.78 Å². The van der Waals surface area contributed by atoms with Crippen LogP contribution in [0.15, 0.2) is 76.7 Å². The van der Waals surface area contributed by atoms with Gasteiger partial charge in [-0.1, -0.05) is 29.8 Å². The fourth-order valence-corrected chi connectivity index (χ4v) is 3.95. The number of rotatable bonds is 8. The lowest BCUT2D eigenvalue weighted by molar-refractivity contribution is 0.0292. The van der Waals surface area contributed by atoms with Gasteiger partial charge in [-0.15, -0.1) is 0 Å². The maximum absolute atomic E-state index is 15.0. The molecule has 0 spiro atoms. The molecule has 2 aromatic carbocycles. The molecule has 0 aliphatic rings. The van der Waals surface area contributed by atoms with E-state index < -0.39 is 34.1 Å². The van der Waals surface area contributed by atoms with Crippen LogP contribution >= 0.6 is 23.2 Å². The zero-order valence-electron chi connectivity index (χ0n) is 20.3. The topological polar surface area (TPSA) is 114 Å². The Labute approximate surface area is 230 Å². The van der Waals surface area contributed by atoms with Crippen molar-refractivity contribution in [2.75, 3.05) is 0 Å². The van der Waals surface area contributed by atoms with E-state index in [9.17, 15) is 18.4 Å². The van der Waals surface area contributed by atoms with Gasteiger partial charge in [0.25, 0.3) is 11.1 Å². The normalized spacial score (nSPS) is 11.2. The van der Waals surface area contributed by atoms with E-state index in [4.69, 9.17) is 33.2 Å². The third-order valence-corrected chi connectivity index (χ3v) is 6.10. The second-order valence-electron chi connectivity index (χ2n) is 8.55. The lowest BCUT2D eigenvalue weighted by Crippen LogP contribution is -2.30. The molecule has 0 bridgehead atoms. The summed E-state index contributed by atoms with van der Waals surface area (Å²) in [6, 6.07) is 12.9. The molecule has 0 saturated heterocycles. The van der Waals surface area contributed by atoms with Gasteiger partial charge < -0.3 is 9.72 Å². The van der Waals surface area contributed by atoms with Crippen molar-refractivity contribution in [3.05, 3.63) is 120 Å². The van der Waals surface area contributed by atoms with Crippen molar-refractivity contribution < 1.29 is 13.5 Å². The van der Waals surface area contributed by atoms with Crippen LogP contribution in [-0.2, 0) is 19.1 Å². The van der Waals surface area contributed by atoms with E-state index in [1.807, 2.05) is 6.07 Å². The first-order valence-electron chi connectivity index (χ1n) is 11.3. The van der Waals surface area contributed by atoms with Gasteiger partial charge in [0.2, 0.25) is 5.75 Å². The van der Waals surface area contributed by atoms with Crippen molar-refractivity contribution >= 4 is 23.2 Å². The second kappa shape index (κ2) is 11.2. The quantitative estimate of drug-likeness (QED) is 0.281. The van der Waals surface area contributed by atoms with E-state index in [-0.39, 0.29) is 35.1 Å². The fourth-order valence-electron chi connectivity index (χ4n) is 3.56. The molecular formula is C27H19Cl2F2N5O3. The van der Waals surface area contributed by atoms with Crippen molar-refractivity contribution in [2.24, 2.45) is 0 Å². The number of nitrogens with one attached hydrogen (secondary N) is 1. The maximum Gasteiger partial charge on any atom is 0.314 e. The molecule has 8 nitrogen and oxygen atoms in total. The van der Waals surface area contributed by atoms with Crippen molar-refractivity contribution in [3.8, 4) is 23.2 Å². The highest BCUT2D eigenvalue weighted by atomic mass is 35.5. The third-order valence-electron chi connectivity index (χ3n) is 5.63. The van der Waals surface area contributed by atoms with Crippen LogP contribution in [0.2, 0.25) is 10.0 Å². The molecule has 39 heavy (non-hydrogen) atoms. The van der Waals surface area contributed by atoms with Crippen LogP contribution < -0.4 is 15.9 Å². The summed E-state index contributed by atoms with van der Waals surface area (Å²) in [6.07, 6.45) is 2.18. The highest BCUT2D eigenvalue weighted by Gasteiger charge is 2.39. The molecule has 0 unspecified atom stereocenters. The first kappa shape index (κ1) is 27.7. The molecule has 2 aromatic heterocycles. The number of hydrogen-bond donors (Lipinski definition) is 1. The summed E-state index contributed by atoms with van der Waals surface area (Å²) in [6.45, 7) is 3.72. The van der Waals surface area contributed by atoms with E-state index >= 15 is 0 Å². The van der Waals surface area contributed by atoms with Gasteiger partial charge in [-0.25, -0.2) is 9.97 Å². The Morgan fingerprint density at radius 1 is 1.15 bits per heavy atom. The summed E-state index contributed by atoms with van der Waals surface area (Å²) in [7, 11) is 0. The zero-order chi connectivity index (χ0) is 28.3. The average molecular weight is 570 g/mol. The van der Waals surface area contributed by atoms with E-state index in [0.29, 0.717) is 16.1 Å². The second-order valence-corrected chi connectivity index (χ2v) is 9.42. The van der Waals surface area contributed by atoms with Crippen molar-refractivity contribution in [3.63, 3.8) is 0 Å². The van der Waals surface area contributed by atoms with Gasteiger partial charge in [0.05, 0.1) is 30.1 Å². The van der Waals surface area contributed by atoms with Gasteiger partial charge in [-0.3, -0.25) is 14.2 Å². The molecule has 4 aromatic rings. The summed E-state index contributed by atoms with van der Waals surface area (Å²) >= 11 is 11.9. The van der Waals surface area contributed by atoms with Gasteiger partial charge in [0.1, 0.15) is 12.4 Å². The van der Waals surface area contributed by atoms with Crippen molar-refractivity contribution in [1.29, 1.82) is 5.26 Å². The Morgan fingerprint density at radius 2 is 1.87 bits per heavy atom. The molecule has 198 valence electrons. The van der Waals surface area contributed by atoms with Crippen molar-refractivity contribution in [1.82, 2.24) is 19.5 Å². The molecule has 0 saturated carbocycles. The highest BCUT2D eigenvalue weighted by Crippen LogP contribution is 2.37. The predicted molar refractivity (Wildman–Crippen MR) is 142 cm³/mol.